The molecule has 0 unspecified atom stereocenters. The van der Waals surface area contributed by atoms with Crippen LogP contribution in [-0.4, -0.2) is 29.2 Å². The van der Waals surface area contributed by atoms with E-state index in [1.165, 1.54) is 0 Å². The van der Waals surface area contributed by atoms with Crippen LogP contribution in [0, 0.1) is 0 Å². The summed E-state index contributed by atoms with van der Waals surface area (Å²) in [6.45, 7) is 4.53. The van der Waals surface area contributed by atoms with E-state index in [2.05, 4.69) is 27.5 Å². The maximum Gasteiger partial charge on any atom is 0.417 e. The Morgan fingerprint density at radius 2 is 2.10 bits per heavy atom. The molecule has 1 fully saturated rings. The van der Waals surface area contributed by atoms with Crippen molar-refractivity contribution >= 4 is 27.0 Å². The van der Waals surface area contributed by atoms with Gasteiger partial charge in [0.25, 0.3) is 0 Å². The van der Waals surface area contributed by atoms with Gasteiger partial charge in [-0.1, -0.05) is 34.6 Å². The summed E-state index contributed by atoms with van der Waals surface area (Å²) in [7, 11) is 1.63. The second-order valence-corrected chi connectivity index (χ2v) is 8.75. The van der Waals surface area contributed by atoms with E-state index >= 15 is 0 Å². The van der Waals surface area contributed by atoms with Gasteiger partial charge < -0.3 is 14.1 Å². The van der Waals surface area contributed by atoms with Crippen LogP contribution in [0.4, 0.5) is 4.39 Å². The molecule has 7 heteroatoms. The molecule has 0 saturated heterocycles. The lowest BCUT2D eigenvalue weighted by molar-refractivity contribution is 0.173. The molecule has 2 aliphatic rings. The molecule has 1 aliphatic carbocycles. The number of hydrogen-bond donors (Lipinski definition) is 1. The lowest BCUT2D eigenvalue weighted by atomic mass is 9.85. The van der Waals surface area contributed by atoms with Crippen molar-refractivity contribution in [3.63, 3.8) is 0 Å². The molecule has 2 aromatic carbocycles. The number of hydrogen-bond acceptors (Lipinski definition) is 4. The first-order chi connectivity index (χ1) is 13.9. The van der Waals surface area contributed by atoms with Crippen molar-refractivity contribution in [2.24, 2.45) is 0 Å². The third kappa shape index (κ3) is 3.08. The average Bonchev–Trinajstić information content (AvgIpc) is 3.28. The second kappa shape index (κ2) is 6.49. The van der Waals surface area contributed by atoms with Gasteiger partial charge in [-0.25, -0.2) is 9.18 Å². The highest BCUT2D eigenvalue weighted by molar-refractivity contribution is 9.10. The summed E-state index contributed by atoms with van der Waals surface area (Å²) in [4.78, 5) is 16.5. The first-order valence-electron chi connectivity index (χ1n) is 9.50. The predicted molar refractivity (Wildman–Crippen MR) is 112 cm³/mol. The summed E-state index contributed by atoms with van der Waals surface area (Å²) in [5.41, 5.74) is 3.60. The maximum atomic E-state index is 14.8. The quantitative estimate of drug-likeness (QED) is 0.606. The molecule has 5 rings (SSSR count). The highest BCUT2D eigenvalue weighted by Gasteiger charge is 2.47. The topological polar surface area (TPSA) is 58.5 Å². The first-order valence-corrected chi connectivity index (χ1v) is 10.3. The Labute approximate surface area is 175 Å². The van der Waals surface area contributed by atoms with Gasteiger partial charge in [0, 0.05) is 27.7 Å². The van der Waals surface area contributed by atoms with Crippen LogP contribution < -0.4 is 10.5 Å². The molecular weight excluding hydrogens is 439 g/mol. The molecule has 0 radical (unpaired) electrons. The number of nitrogens with one attached hydrogen (secondary N) is 1. The number of allylic oxidation sites excluding steroid dienone is 1. The summed E-state index contributed by atoms with van der Waals surface area (Å²) in [6.07, 6.45) is 1.64. The van der Waals surface area contributed by atoms with Gasteiger partial charge in [0.15, 0.2) is 5.58 Å². The van der Waals surface area contributed by atoms with Crippen LogP contribution in [0.5, 0.6) is 5.75 Å². The normalized spacial score (nSPS) is 20.0. The van der Waals surface area contributed by atoms with Crippen LogP contribution in [0.25, 0.3) is 11.1 Å². The third-order valence-corrected chi connectivity index (χ3v) is 6.35. The molecule has 0 spiro atoms. The Bertz CT molecular complexity index is 1190. The number of oxazole rings is 1. The zero-order valence-electron chi connectivity index (χ0n) is 15.9. The molecule has 3 aromatic rings. The predicted octanol–water partition coefficient (Wildman–Crippen LogP) is 4.86. The standard InChI is InChI=1S/C22H20BrFN2O3/c1-12-9-16-14(5-6-17-20(16)29-21(27)25-17)19(26(12)11-22(24)7-8-22)15-4-3-13(23)10-18(15)28-2/h3-6,10,19H,1,7-9,11H2,2H3,(H,25,27)/t19-/m0/s1. The van der Waals surface area contributed by atoms with Crippen molar-refractivity contribution in [1.29, 1.82) is 0 Å². The molecule has 1 aliphatic heterocycles. The fourth-order valence-corrected chi connectivity index (χ4v) is 4.57. The molecule has 0 amide bonds. The van der Waals surface area contributed by atoms with Gasteiger partial charge in [-0.05, 0) is 36.6 Å². The van der Waals surface area contributed by atoms with Gasteiger partial charge >= 0.3 is 5.76 Å². The van der Waals surface area contributed by atoms with Crippen LogP contribution in [-0.2, 0) is 6.42 Å². The van der Waals surface area contributed by atoms with Crippen molar-refractivity contribution < 1.29 is 13.5 Å². The van der Waals surface area contributed by atoms with E-state index in [1.54, 1.807) is 7.11 Å². The highest BCUT2D eigenvalue weighted by atomic mass is 79.9. The highest BCUT2D eigenvalue weighted by Crippen LogP contribution is 2.48. The van der Waals surface area contributed by atoms with E-state index in [0.717, 1.165) is 26.9 Å². The SMILES string of the molecule is C=C1Cc2c(ccc3[nH]c(=O)oc23)[C@@H](c2ccc(Br)cc2OC)N1CC1(F)CC1. The van der Waals surface area contributed by atoms with E-state index in [9.17, 15) is 9.18 Å². The van der Waals surface area contributed by atoms with Crippen molar-refractivity contribution in [2.75, 3.05) is 13.7 Å². The smallest absolute Gasteiger partial charge is 0.417 e. The van der Waals surface area contributed by atoms with E-state index in [0.29, 0.717) is 36.1 Å². The summed E-state index contributed by atoms with van der Waals surface area (Å²) < 4.78 is 26.8. The molecule has 1 aromatic heterocycles. The van der Waals surface area contributed by atoms with Crippen LogP contribution >= 0.6 is 15.9 Å². The molecule has 1 N–H and O–H groups in total. The van der Waals surface area contributed by atoms with E-state index in [1.807, 2.05) is 35.2 Å². The van der Waals surface area contributed by atoms with Crippen molar-refractivity contribution in [3.8, 4) is 5.75 Å². The third-order valence-electron chi connectivity index (χ3n) is 5.86. The Hall–Kier alpha value is -2.54. The molecule has 2 heterocycles. The second-order valence-electron chi connectivity index (χ2n) is 7.84. The minimum absolute atomic E-state index is 0.282. The molecule has 150 valence electrons. The number of nitrogens with zero attached hydrogens (tertiary/aromatic N) is 1. The molecule has 1 saturated carbocycles. The van der Waals surface area contributed by atoms with Gasteiger partial charge in [-0.2, -0.15) is 0 Å². The lowest BCUT2D eigenvalue weighted by Crippen LogP contribution is -2.39. The van der Waals surface area contributed by atoms with Crippen LogP contribution in [0.3, 0.4) is 0 Å². The van der Waals surface area contributed by atoms with Gasteiger partial charge in [-0.3, -0.25) is 4.98 Å². The molecule has 0 bridgehead atoms. The summed E-state index contributed by atoms with van der Waals surface area (Å²) >= 11 is 3.49. The molecule has 5 nitrogen and oxygen atoms in total. The number of benzene rings is 2. The molecular formula is C22H20BrFN2O3. The van der Waals surface area contributed by atoms with Gasteiger partial charge in [0.05, 0.1) is 25.2 Å². The monoisotopic (exact) mass is 458 g/mol. The van der Waals surface area contributed by atoms with Crippen LogP contribution in [0.2, 0.25) is 0 Å². The van der Waals surface area contributed by atoms with Gasteiger partial charge in [0.1, 0.15) is 11.4 Å². The zero-order valence-corrected chi connectivity index (χ0v) is 17.5. The summed E-state index contributed by atoms with van der Waals surface area (Å²) in [5.74, 6) is 0.217. The Morgan fingerprint density at radius 1 is 1.34 bits per heavy atom. The number of rotatable bonds is 4. The largest absolute Gasteiger partial charge is 0.496 e. The first kappa shape index (κ1) is 18.5. The Kier molecular flexibility index (Phi) is 4.13. The van der Waals surface area contributed by atoms with E-state index in [4.69, 9.17) is 9.15 Å². The molecule has 1 atom stereocenters. The number of halogens is 2. The van der Waals surface area contributed by atoms with E-state index in [-0.39, 0.29) is 12.6 Å². The summed E-state index contributed by atoms with van der Waals surface area (Å²) in [6, 6.07) is 9.37. The summed E-state index contributed by atoms with van der Waals surface area (Å²) in [5, 5.41) is 0. The number of aromatic nitrogens is 1. The lowest BCUT2D eigenvalue weighted by Gasteiger charge is -2.41. The number of fused-ring (bicyclic) bond motifs is 3. The fraction of sp³-hybridized carbons (Fsp3) is 0.318. The van der Waals surface area contributed by atoms with E-state index < -0.39 is 11.4 Å². The maximum absolute atomic E-state index is 14.8. The van der Waals surface area contributed by atoms with Crippen LogP contribution in [0.15, 0.2) is 56.3 Å². The minimum atomic E-state index is -1.17. The zero-order chi connectivity index (χ0) is 20.3. The van der Waals surface area contributed by atoms with Crippen LogP contribution in [0.1, 0.15) is 35.6 Å². The number of H-pyrrole nitrogens is 1. The Morgan fingerprint density at radius 3 is 2.83 bits per heavy atom. The number of ether oxygens (including phenoxy) is 1. The fourth-order valence-electron chi connectivity index (χ4n) is 4.23. The van der Waals surface area contributed by atoms with Crippen molar-refractivity contribution in [2.45, 2.75) is 31.0 Å². The van der Waals surface area contributed by atoms with Crippen molar-refractivity contribution in [1.82, 2.24) is 9.88 Å². The number of aromatic amines is 1. The van der Waals surface area contributed by atoms with Gasteiger partial charge in [0.2, 0.25) is 0 Å². The number of methoxy groups -OCH3 is 1. The van der Waals surface area contributed by atoms with Crippen molar-refractivity contribution in [3.05, 3.63) is 74.3 Å². The molecule has 29 heavy (non-hydrogen) atoms. The Balaban J connectivity index is 1.74. The van der Waals surface area contributed by atoms with Gasteiger partial charge in [-0.15, -0.1) is 0 Å². The minimum Gasteiger partial charge on any atom is -0.496 e. The number of alkyl halides is 1. The average molecular weight is 459 g/mol.